The lowest BCUT2D eigenvalue weighted by Gasteiger charge is -2.39. The zero-order valence-electron chi connectivity index (χ0n) is 15.2. The number of carboxylic acid groups (broad SMARTS) is 1. The third-order valence-corrected chi connectivity index (χ3v) is 5.30. The summed E-state index contributed by atoms with van der Waals surface area (Å²) < 4.78 is 7.05. The van der Waals surface area contributed by atoms with Gasteiger partial charge in [-0.3, -0.25) is 9.48 Å². The second kappa shape index (κ2) is 6.44. The molecule has 0 radical (unpaired) electrons. The Morgan fingerprint density at radius 3 is 2.48 bits per heavy atom. The van der Waals surface area contributed by atoms with Crippen LogP contribution in [0.5, 0.6) is 0 Å². The molecule has 2 aliphatic heterocycles. The zero-order chi connectivity index (χ0) is 18.2. The largest absolute Gasteiger partial charge is 0.479 e. The summed E-state index contributed by atoms with van der Waals surface area (Å²) in [6.45, 7) is 7.61. The van der Waals surface area contributed by atoms with Crippen LogP contribution in [0.25, 0.3) is 0 Å². The monoisotopic (exact) mass is 349 g/mol. The van der Waals surface area contributed by atoms with E-state index in [1.165, 1.54) is 0 Å². The maximum absolute atomic E-state index is 12.5. The van der Waals surface area contributed by atoms with E-state index in [-0.39, 0.29) is 17.4 Å². The van der Waals surface area contributed by atoms with Crippen LogP contribution in [0.4, 0.5) is 0 Å². The third-order valence-electron chi connectivity index (χ3n) is 5.30. The number of hydrogen-bond acceptors (Lipinski definition) is 4. The SMILES string of the molecule is CC(C)(C)c1ccn(C2(C(=O)O)CCN(C(=O)[C@H]3CCCO3)CC2)n1. The standard InChI is InChI=1S/C18H27N3O4/c1-17(2,3)14-6-9-21(19-14)18(16(23)24)7-10-20(11-8-18)15(22)13-5-4-12-25-13/h6,9,13H,4-5,7-8,10-12H2,1-3H3,(H,23,24)/t13-/m1/s1. The molecule has 3 heterocycles. The quantitative estimate of drug-likeness (QED) is 0.899. The van der Waals surface area contributed by atoms with E-state index in [9.17, 15) is 14.7 Å². The smallest absolute Gasteiger partial charge is 0.331 e. The van der Waals surface area contributed by atoms with Crippen LogP contribution in [-0.2, 0) is 25.3 Å². The summed E-state index contributed by atoms with van der Waals surface area (Å²) in [6.07, 6.45) is 3.78. The Morgan fingerprint density at radius 2 is 2.00 bits per heavy atom. The van der Waals surface area contributed by atoms with Gasteiger partial charge in [-0.1, -0.05) is 20.8 Å². The Labute approximate surface area is 147 Å². The van der Waals surface area contributed by atoms with E-state index in [4.69, 9.17) is 4.74 Å². The molecule has 1 N–H and O–H groups in total. The van der Waals surface area contributed by atoms with Gasteiger partial charge in [0.15, 0.2) is 5.54 Å². The van der Waals surface area contributed by atoms with E-state index >= 15 is 0 Å². The molecule has 1 amide bonds. The van der Waals surface area contributed by atoms with Gasteiger partial charge in [0.05, 0.1) is 5.69 Å². The van der Waals surface area contributed by atoms with Crippen LogP contribution >= 0.6 is 0 Å². The fraction of sp³-hybridized carbons (Fsp3) is 0.722. The number of nitrogens with zero attached hydrogens (tertiary/aromatic N) is 3. The van der Waals surface area contributed by atoms with Gasteiger partial charge in [0.1, 0.15) is 6.10 Å². The van der Waals surface area contributed by atoms with E-state index in [1.807, 2.05) is 6.07 Å². The second-order valence-electron chi connectivity index (χ2n) is 8.06. The molecule has 1 atom stereocenters. The molecule has 2 aliphatic rings. The van der Waals surface area contributed by atoms with Crippen molar-refractivity contribution in [3.05, 3.63) is 18.0 Å². The lowest BCUT2D eigenvalue weighted by molar-refractivity contribution is -0.155. The fourth-order valence-electron chi connectivity index (χ4n) is 3.58. The molecule has 2 saturated heterocycles. The van der Waals surface area contributed by atoms with Crippen LogP contribution < -0.4 is 0 Å². The number of carbonyl (C=O) groups is 2. The molecule has 7 nitrogen and oxygen atoms in total. The molecule has 25 heavy (non-hydrogen) atoms. The highest BCUT2D eigenvalue weighted by Gasteiger charge is 2.46. The molecular weight excluding hydrogens is 322 g/mol. The van der Waals surface area contributed by atoms with Gasteiger partial charge in [-0.15, -0.1) is 0 Å². The summed E-state index contributed by atoms with van der Waals surface area (Å²) in [5.74, 6) is -0.896. The lowest BCUT2D eigenvalue weighted by atomic mass is 9.87. The van der Waals surface area contributed by atoms with Crippen molar-refractivity contribution in [2.75, 3.05) is 19.7 Å². The minimum atomic E-state index is -1.09. The predicted octanol–water partition coefficient (Wildman–Crippen LogP) is 1.76. The number of carboxylic acids is 1. The molecular formula is C18H27N3O4. The number of piperidine rings is 1. The van der Waals surface area contributed by atoms with Crippen molar-refractivity contribution in [2.24, 2.45) is 0 Å². The second-order valence-corrected chi connectivity index (χ2v) is 8.06. The van der Waals surface area contributed by atoms with Crippen LogP contribution in [0.3, 0.4) is 0 Å². The first-order valence-corrected chi connectivity index (χ1v) is 8.94. The van der Waals surface area contributed by atoms with Crippen molar-refractivity contribution >= 4 is 11.9 Å². The summed E-state index contributed by atoms with van der Waals surface area (Å²) in [5, 5.41) is 14.5. The van der Waals surface area contributed by atoms with Crippen molar-refractivity contribution in [1.29, 1.82) is 0 Å². The van der Waals surface area contributed by atoms with Crippen LogP contribution in [0.2, 0.25) is 0 Å². The van der Waals surface area contributed by atoms with Crippen molar-refractivity contribution in [2.45, 2.75) is 63.5 Å². The van der Waals surface area contributed by atoms with Gasteiger partial charge in [-0.2, -0.15) is 5.10 Å². The molecule has 3 rings (SSSR count). The number of rotatable bonds is 3. The number of aliphatic carboxylic acids is 1. The first-order valence-electron chi connectivity index (χ1n) is 8.94. The van der Waals surface area contributed by atoms with Crippen LogP contribution in [0.15, 0.2) is 12.3 Å². The van der Waals surface area contributed by atoms with Crippen molar-refractivity contribution in [1.82, 2.24) is 14.7 Å². The molecule has 138 valence electrons. The maximum atomic E-state index is 12.5. The fourth-order valence-corrected chi connectivity index (χ4v) is 3.58. The average Bonchev–Trinajstić information content (AvgIpc) is 3.25. The highest BCUT2D eigenvalue weighted by molar-refractivity contribution is 5.82. The van der Waals surface area contributed by atoms with Gasteiger partial charge in [0, 0.05) is 44.1 Å². The predicted molar refractivity (Wildman–Crippen MR) is 91.3 cm³/mol. The number of ether oxygens (including phenoxy) is 1. The maximum Gasteiger partial charge on any atom is 0.331 e. The first kappa shape index (κ1) is 17.9. The molecule has 0 unspecified atom stereocenters. The molecule has 0 aromatic carbocycles. The van der Waals surface area contributed by atoms with Gasteiger partial charge < -0.3 is 14.7 Å². The van der Waals surface area contributed by atoms with Gasteiger partial charge in [-0.25, -0.2) is 4.79 Å². The highest BCUT2D eigenvalue weighted by Crippen LogP contribution is 2.32. The summed E-state index contributed by atoms with van der Waals surface area (Å²) in [5.41, 5.74) is -0.357. The molecule has 1 aromatic rings. The van der Waals surface area contributed by atoms with E-state index in [1.54, 1.807) is 15.8 Å². The highest BCUT2D eigenvalue weighted by atomic mass is 16.5. The van der Waals surface area contributed by atoms with Crippen molar-refractivity contribution in [3.8, 4) is 0 Å². The summed E-state index contributed by atoms with van der Waals surface area (Å²) >= 11 is 0. The number of hydrogen-bond donors (Lipinski definition) is 1. The number of amides is 1. The molecule has 0 bridgehead atoms. The Bertz CT molecular complexity index is 648. The first-order chi connectivity index (χ1) is 11.7. The number of aromatic nitrogens is 2. The van der Waals surface area contributed by atoms with Gasteiger partial charge in [-0.05, 0) is 18.9 Å². The van der Waals surface area contributed by atoms with E-state index in [0.29, 0.717) is 32.5 Å². The normalized spacial score (nSPS) is 23.6. The average molecular weight is 349 g/mol. The van der Waals surface area contributed by atoms with Gasteiger partial charge in [0.2, 0.25) is 0 Å². The Hall–Kier alpha value is -1.89. The van der Waals surface area contributed by atoms with Gasteiger partial charge >= 0.3 is 5.97 Å². The van der Waals surface area contributed by atoms with Gasteiger partial charge in [0.25, 0.3) is 5.91 Å². The Kier molecular flexibility index (Phi) is 4.62. The summed E-state index contributed by atoms with van der Waals surface area (Å²) in [4.78, 5) is 26.3. The van der Waals surface area contributed by atoms with E-state index < -0.39 is 11.5 Å². The van der Waals surface area contributed by atoms with E-state index in [2.05, 4.69) is 25.9 Å². The number of carbonyl (C=O) groups excluding carboxylic acids is 1. The molecule has 1 aromatic heterocycles. The van der Waals surface area contributed by atoms with Crippen LogP contribution in [0, 0.1) is 0 Å². The minimum absolute atomic E-state index is 0.00710. The molecule has 2 fully saturated rings. The molecule has 0 saturated carbocycles. The van der Waals surface area contributed by atoms with Crippen molar-refractivity contribution in [3.63, 3.8) is 0 Å². The topological polar surface area (TPSA) is 84.7 Å². The Balaban J connectivity index is 1.76. The molecule has 0 aliphatic carbocycles. The molecule has 0 spiro atoms. The lowest BCUT2D eigenvalue weighted by Crippen LogP contribution is -2.54. The van der Waals surface area contributed by atoms with Crippen LogP contribution in [-0.4, -0.2) is 57.5 Å². The third kappa shape index (κ3) is 3.29. The number of likely N-dealkylation sites (tertiary alicyclic amines) is 1. The minimum Gasteiger partial charge on any atom is -0.479 e. The zero-order valence-corrected chi connectivity index (χ0v) is 15.2. The van der Waals surface area contributed by atoms with E-state index in [0.717, 1.165) is 18.5 Å². The van der Waals surface area contributed by atoms with Crippen molar-refractivity contribution < 1.29 is 19.4 Å². The summed E-state index contributed by atoms with van der Waals surface area (Å²) in [6, 6.07) is 1.88. The Morgan fingerprint density at radius 1 is 1.32 bits per heavy atom. The van der Waals surface area contributed by atoms with Crippen LogP contribution in [0.1, 0.15) is 52.1 Å². The summed E-state index contributed by atoms with van der Waals surface area (Å²) in [7, 11) is 0. The molecule has 7 heteroatoms.